The minimum absolute atomic E-state index is 0.0317. The van der Waals surface area contributed by atoms with Gasteiger partial charge in [-0.2, -0.15) is 5.10 Å². The fraction of sp³-hybridized carbons (Fsp3) is 0.471. The Morgan fingerprint density at radius 3 is 2.83 bits per heavy atom. The molecule has 0 saturated carbocycles. The van der Waals surface area contributed by atoms with Crippen LogP contribution in [0.25, 0.3) is 0 Å². The highest BCUT2D eigenvalue weighted by Gasteiger charge is 2.13. The number of nitrogens with zero attached hydrogens (tertiary/aromatic N) is 2. The molecule has 2 N–H and O–H groups in total. The van der Waals surface area contributed by atoms with Gasteiger partial charge in [-0.05, 0) is 38.3 Å². The van der Waals surface area contributed by atoms with Crippen LogP contribution in [0.2, 0.25) is 0 Å². The average molecular weight is 316 g/mol. The smallest absolute Gasteiger partial charge is 0.272 e. The number of ether oxygens (including phenoxy) is 1. The minimum atomic E-state index is -0.212. The van der Waals surface area contributed by atoms with Crippen LogP contribution >= 0.6 is 0 Å². The Morgan fingerprint density at radius 2 is 2.13 bits per heavy atom. The highest BCUT2D eigenvalue weighted by atomic mass is 16.5. The summed E-state index contributed by atoms with van der Waals surface area (Å²) in [4.78, 5) is 16.4. The van der Waals surface area contributed by atoms with Gasteiger partial charge in [-0.15, -0.1) is 0 Å². The number of nitrogens with one attached hydrogen (secondary N) is 2. The van der Waals surface area contributed by atoms with Gasteiger partial charge in [0.05, 0.1) is 6.10 Å². The Labute approximate surface area is 136 Å². The summed E-state index contributed by atoms with van der Waals surface area (Å²) in [6.07, 6.45) is 2.58. The Balaban J connectivity index is 1.98. The van der Waals surface area contributed by atoms with Crippen molar-refractivity contribution >= 4 is 5.91 Å². The summed E-state index contributed by atoms with van der Waals surface area (Å²) in [5, 5.41) is 9.83. The first-order valence-corrected chi connectivity index (χ1v) is 7.88. The van der Waals surface area contributed by atoms with Crippen molar-refractivity contribution in [1.82, 2.24) is 20.5 Å². The standard InChI is InChI=1S/C17H24N4O2/c1-11(2)8-14-9-15(21-20-14)16(22)19-10-13-6-5-7-18-17(13)23-12(3)4/h5-7,9,11-12H,8,10H2,1-4H3,(H,19,22)(H,20,21). The summed E-state index contributed by atoms with van der Waals surface area (Å²) in [5.74, 6) is 0.846. The third-order valence-electron chi connectivity index (χ3n) is 3.13. The third kappa shape index (κ3) is 5.09. The van der Waals surface area contributed by atoms with Gasteiger partial charge in [-0.1, -0.05) is 19.9 Å². The molecule has 0 saturated heterocycles. The fourth-order valence-corrected chi connectivity index (χ4v) is 2.18. The van der Waals surface area contributed by atoms with E-state index in [2.05, 4.69) is 34.3 Å². The second-order valence-corrected chi connectivity index (χ2v) is 6.19. The largest absolute Gasteiger partial charge is 0.475 e. The monoisotopic (exact) mass is 316 g/mol. The van der Waals surface area contributed by atoms with Crippen molar-refractivity contribution < 1.29 is 9.53 Å². The molecule has 0 fully saturated rings. The molecule has 23 heavy (non-hydrogen) atoms. The van der Waals surface area contributed by atoms with E-state index in [0.29, 0.717) is 24.0 Å². The molecular weight excluding hydrogens is 292 g/mol. The topological polar surface area (TPSA) is 79.9 Å². The van der Waals surface area contributed by atoms with Crippen LogP contribution in [0, 0.1) is 5.92 Å². The van der Waals surface area contributed by atoms with Gasteiger partial charge in [0, 0.05) is 24.0 Å². The second kappa shape index (κ2) is 7.76. The van der Waals surface area contributed by atoms with E-state index >= 15 is 0 Å². The molecule has 0 spiro atoms. The van der Waals surface area contributed by atoms with Crippen LogP contribution in [0.1, 0.15) is 49.4 Å². The zero-order valence-corrected chi connectivity index (χ0v) is 14.1. The fourth-order valence-electron chi connectivity index (χ4n) is 2.18. The first-order valence-electron chi connectivity index (χ1n) is 7.88. The molecule has 0 radical (unpaired) electrons. The van der Waals surface area contributed by atoms with Crippen molar-refractivity contribution in [2.24, 2.45) is 5.92 Å². The van der Waals surface area contributed by atoms with E-state index in [9.17, 15) is 4.79 Å². The molecule has 2 aromatic heterocycles. The number of hydrogen-bond acceptors (Lipinski definition) is 4. The first kappa shape index (κ1) is 17.0. The van der Waals surface area contributed by atoms with Gasteiger partial charge in [0.2, 0.25) is 5.88 Å². The van der Waals surface area contributed by atoms with Gasteiger partial charge >= 0.3 is 0 Å². The molecule has 0 unspecified atom stereocenters. The molecule has 0 aliphatic carbocycles. The Kier molecular flexibility index (Phi) is 5.73. The molecule has 0 aromatic carbocycles. The lowest BCUT2D eigenvalue weighted by Crippen LogP contribution is -2.24. The number of amides is 1. The summed E-state index contributed by atoms with van der Waals surface area (Å²) in [6, 6.07) is 5.51. The lowest BCUT2D eigenvalue weighted by molar-refractivity contribution is 0.0945. The zero-order valence-electron chi connectivity index (χ0n) is 14.1. The third-order valence-corrected chi connectivity index (χ3v) is 3.13. The number of H-pyrrole nitrogens is 1. The maximum atomic E-state index is 12.2. The maximum Gasteiger partial charge on any atom is 0.272 e. The van der Waals surface area contributed by atoms with E-state index in [0.717, 1.165) is 17.7 Å². The number of carbonyl (C=O) groups excluding carboxylic acids is 1. The molecule has 0 aliphatic rings. The van der Waals surface area contributed by atoms with Crippen LogP contribution in [-0.2, 0) is 13.0 Å². The maximum absolute atomic E-state index is 12.2. The second-order valence-electron chi connectivity index (χ2n) is 6.19. The molecule has 6 nitrogen and oxygen atoms in total. The summed E-state index contributed by atoms with van der Waals surface area (Å²) in [7, 11) is 0. The minimum Gasteiger partial charge on any atom is -0.475 e. The van der Waals surface area contributed by atoms with Gasteiger partial charge in [0.25, 0.3) is 5.91 Å². The van der Waals surface area contributed by atoms with E-state index in [1.807, 2.05) is 26.0 Å². The van der Waals surface area contributed by atoms with Crippen LogP contribution in [0.5, 0.6) is 5.88 Å². The number of carbonyl (C=O) groups is 1. The first-order chi connectivity index (χ1) is 11.0. The summed E-state index contributed by atoms with van der Waals surface area (Å²) in [5.41, 5.74) is 2.21. The van der Waals surface area contributed by atoms with Crippen molar-refractivity contribution in [3.63, 3.8) is 0 Å². The molecule has 0 aliphatic heterocycles. The van der Waals surface area contributed by atoms with Gasteiger partial charge in [-0.25, -0.2) is 4.98 Å². The normalized spacial score (nSPS) is 11.0. The zero-order chi connectivity index (χ0) is 16.8. The van der Waals surface area contributed by atoms with Crippen LogP contribution in [0.3, 0.4) is 0 Å². The Morgan fingerprint density at radius 1 is 1.35 bits per heavy atom. The SMILES string of the molecule is CC(C)Cc1cc(C(=O)NCc2cccnc2OC(C)C)n[nH]1. The summed E-state index contributed by atoms with van der Waals surface area (Å²) >= 11 is 0. The van der Waals surface area contributed by atoms with E-state index < -0.39 is 0 Å². The number of aromatic amines is 1. The lowest BCUT2D eigenvalue weighted by Gasteiger charge is -2.12. The van der Waals surface area contributed by atoms with Crippen LogP contribution in [-0.4, -0.2) is 27.2 Å². The highest BCUT2D eigenvalue weighted by Crippen LogP contribution is 2.15. The van der Waals surface area contributed by atoms with Crippen molar-refractivity contribution in [3.8, 4) is 5.88 Å². The molecule has 6 heteroatoms. The van der Waals surface area contributed by atoms with Crippen LogP contribution in [0.15, 0.2) is 24.4 Å². The van der Waals surface area contributed by atoms with Crippen molar-refractivity contribution in [2.75, 3.05) is 0 Å². The quantitative estimate of drug-likeness (QED) is 0.823. The average Bonchev–Trinajstić information content (AvgIpc) is 2.93. The predicted molar refractivity (Wildman–Crippen MR) is 88.3 cm³/mol. The van der Waals surface area contributed by atoms with Crippen molar-refractivity contribution in [1.29, 1.82) is 0 Å². The summed E-state index contributed by atoms with van der Waals surface area (Å²) in [6.45, 7) is 8.48. The van der Waals surface area contributed by atoms with E-state index in [4.69, 9.17) is 4.74 Å². The molecule has 2 heterocycles. The Bertz CT molecular complexity index is 650. The van der Waals surface area contributed by atoms with Gasteiger partial charge in [0.15, 0.2) is 0 Å². The number of pyridine rings is 1. The Hall–Kier alpha value is -2.37. The van der Waals surface area contributed by atoms with Crippen LogP contribution in [0.4, 0.5) is 0 Å². The predicted octanol–water partition coefficient (Wildman–Crippen LogP) is 2.72. The van der Waals surface area contributed by atoms with E-state index in [-0.39, 0.29) is 12.0 Å². The van der Waals surface area contributed by atoms with Crippen molar-refractivity contribution in [2.45, 2.75) is 46.8 Å². The van der Waals surface area contributed by atoms with Gasteiger partial charge in [-0.3, -0.25) is 9.89 Å². The number of rotatable bonds is 7. The molecule has 2 aromatic rings. The molecular formula is C17H24N4O2. The number of hydrogen-bond donors (Lipinski definition) is 2. The highest BCUT2D eigenvalue weighted by molar-refractivity contribution is 5.92. The van der Waals surface area contributed by atoms with E-state index in [1.165, 1.54) is 0 Å². The van der Waals surface area contributed by atoms with Gasteiger partial charge in [0.1, 0.15) is 5.69 Å². The molecule has 2 rings (SSSR count). The lowest BCUT2D eigenvalue weighted by atomic mass is 10.1. The number of aromatic nitrogens is 3. The molecule has 124 valence electrons. The van der Waals surface area contributed by atoms with Crippen LogP contribution < -0.4 is 10.1 Å². The molecule has 0 bridgehead atoms. The molecule has 0 atom stereocenters. The summed E-state index contributed by atoms with van der Waals surface area (Å²) < 4.78 is 5.65. The molecule has 1 amide bonds. The van der Waals surface area contributed by atoms with E-state index in [1.54, 1.807) is 12.3 Å². The van der Waals surface area contributed by atoms with Crippen molar-refractivity contribution in [3.05, 3.63) is 41.3 Å². The van der Waals surface area contributed by atoms with Gasteiger partial charge < -0.3 is 10.1 Å².